The van der Waals surface area contributed by atoms with Gasteiger partial charge in [0.05, 0.1) is 12.2 Å². The minimum Gasteiger partial charge on any atom is -0.493 e. The summed E-state index contributed by atoms with van der Waals surface area (Å²) in [6, 6.07) is 17.5. The van der Waals surface area contributed by atoms with Crippen LogP contribution >= 0.6 is 0 Å². The molecule has 0 saturated carbocycles. The van der Waals surface area contributed by atoms with Crippen LogP contribution in [-0.2, 0) is 25.7 Å². The monoisotopic (exact) mass is 533 g/mol. The number of hydrogen-bond donors (Lipinski definition) is 0. The fourth-order valence-electron chi connectivity index (χ4n) is 4.71. The summed E-state index contributed by atoms with van der Waals surface area (Å²) in [4.78, 5) is 0. The maximum absolute atomic E-state index is 15.2. The highest BCUT2D eigenvalue weighted by molar-refractivity contribution is 5.84. The molecule has 4 aromatic carbocycles. The zero-order valence-electron chi connectivity index (χ0n) is 22.0. The number of fused-ring (bicyclic) bond motifs is 1. The molecule has 39 heavy (non-hydrogen) atoms. The third kappa shape index (κ3) is 7.17. The molecule has 0 aliphatic rings. The average Bonchev–Trinajstić information content (AvgIpc) is 2.92. The van der Waals surface area contributed by atoms with Crippen molar-refractivity contribution >= 4 is 10.8 Å². The van der Waals surface area contributed by atoms with E-state index >= 15 is 4.39 Å². The Bertz CT molecular complexity index is 1470. The normalized spacial score (nSPS) is 11.1. The molecule has 0 heterocycles. The first kappa shape index (κ1) is 28.2. The predicted molar refractivity (Wildman–Crippen MR) is 146 cm³/mol. The first-order chi connectivity index (χ1) is 18.9. The third-order valence-electron chi connectivity index (χ3n) is 6.98. The van der Waals surface area contributed by atoms with E-state index in [1.165, 1.54) is 24.3 Å². The maximum Gasteiger partial charge on any atom is 0.141 e. The molecule has 0 unspecified atom stereocenters. The van der Waals surface area contributed by atoms with Gasteiger partial charge in [0, 0.05) is 23.1 Å². The van der Waals surface area contributed by atoms with Crippen molar-refractivity contribution in [3.8, 4) is 11.8 Å². The fraction of sp³-hybridized carbons (Fsp3) is 0.303. The molecule has 0 spiro atoms. The lowest BCUT2D eigenvalue weighted by Gasteiger charge is -2.11. The highest BCUT2D eigenvalue weighted by Gasteiger charge is 2.14. The Morgan fingerprint density at radius 2 is 1.44 bits per heavy atom. The van der Waals surface area contributed by atoms with Gasteiger partial charge >= 0.3 is 0 Å². The molecule has 0 aliphatic heterocycles. The largest absolute Gasteiger partial charge is 0.493 e. The Morgan fingerprint density at radius 1 is 0.718 bits per heavy atom. The molecule has 4 rings (SSSR count). The molecule has 0 aromatic heterocycles. The minimum absolute atomic E-state index is 0.00852. The number of unbranched alkanes of at least 4 members (excludes halogenated alkanes) is 3. The van der Waals surface area contributed by atoms with Crippen molar-refractivity contribution in [2.45, 2.75) is 58.3 Å². The second-order valence-corrected chi connectivity index (χ2v) is 9.79. The highest BCUT2D eigenvalue weighted by atomic mass is 19.1. The Kier molecular flexibility index (Phi) is 9.59. The Labute approximate surface area is 226 Å². The Morgan fingerprint density at radius 3 is 2.15 bits per heavy atom. The number of hydrogen-bond acceptors (Lipinski definition) is 2. The SMILES string of the molecule is CCCCCCOc1cc(F)c(CCc2ccc3c(F)c(CCc4ccc(C#N)c(F)c4)ccc3c2)c(F)c1. The zero-order valence-corrected chi connectivity index (χ0v) is 22.0. The van der Waals surface area contributed by atoms with Crippen molar-refractivity contribution in [1.29, 1.82) is 5.26 Å². The van der Waals surface area contributed by atoms with Gasteiger partial charge in [-0.1, -0.05) is 62.6 Å². The van der Waals surface area contributed by atoms with Crippen molar-refractivity contribution in [2.75, 3.05) is 6.61 Å². The van der Waals surface area contributed by atoms with E-state index in [9.17, 15) is 13.2 Å². The molecular formula is C33H31F4NO. The molecule has 0 saturated heterocycles. The topological polar surface area (TPSA) is 33.0 Å². The van der Waals surface area contributed by atoms with Gasteiger partial charge < -0.3 is 4.74 Å². The van der Waals surface area contributed by atoms with Crippen molar-refractivity contribution in [1.82, 2.24) is 0 Å². The van der Waals surface area contributed by atoms with Crippen LogP contribution < -0.4 is 4.74 Å². The number of rotatable bonds is 12. The van der Waals surface area contributed by atoms with Gasteiger partial charge in [-0.25, -0.2) is 17.6 Å². The second-order valence-electron chi connectivity index (χ2n) is 9.79. The molecule has 2 nitrogen and oxygen atoms in total. The van der Waals surface area contributed by atoms with E-state index in [2.05, 4.69) is 6.92 Å². The highest BCUT2D eigenvalue weighted by Crippen LogP contribution is 2.26. The number of nitrogens with zero attached hydrogens (tertiary/aromatic N) is 1. The molecule has 0 amide bonds. The van der Waals surface area contributed by atoms with Crippen molar-refractivity contribution in [2.24, 2.45) is 0 Å². The van der Waals surface area contributed by atoms with Crippen LogP contribution in [0.4, 0.5) is 17.6 Å². The first-order valence-corrected chi connectivity index (χ1v) is 13.4. The molecule has 0 radical (unpaired) electrons. The van der Waals surface area contributed by atoms with Gasteiger partial charge in [-0.05, 0) is 66.3 Å². The van der Waals surface area contributed by atoms with Gasteiger partial charge in [-0.15, -0.1) is 0 Å². The fourth-order valence-corrected chi connectivity index (χ4v) is 4.71. The van der Waals surface area contributed by atoms with Gasteiger partial charge in [0.15, 0.2) is 0 Å². The Hall–Kier alpha value is -3.85. The van der Waals surface area contributed by atoms with Gasteiger partial charge in [0.1, 0.15) is 35.1 Å². The van der Waals surface area contributed by atoms with E-state index in [0.717, 1.165) is 31.2 Å². The molecule has 4 aromatic rings. The van der Waals surface area contributed by atoms with Crippen LogP contribution in [0.15, 0.2) is 60.7 Å². The van der Waals surface area contributed by atoms with Crippen LogP contribution in [-0.4, -0.2) is 6.61 Å². The van der Waals surface area contributed by atoms with E-state index in [0.29, 0.717) is 47.8 Å². The summed E-state index contributed by atoms with van der Waals surface area (Å²) in [5.41, 5.74) is 2.03. The second kappa shape index (κ2) is 13.3. The standard InChI is InChI=1S/C33H31F4NO/c1-2-3-4-5-16-39-27-19-31(35)29(32(36)20-27)15-9-22-8-14-28-25(17-22)13-12-24(33(28)37)10-6-23-7-11-26(21-38)30(34)18-23/h7-8,11-14,17-20H,2-6,9-10,15-16H2,1H3. The number of benzene rings is 4. The zero-order chi connectivity index (χ0) is 27.8. The van der Waals surface area contributed by atoms with Crippen LogP contribution in [0.2, 0.25) is 0 Å². The number of halogens is 4. The molecule has 0 bridgehead atoms. The quantitative estimate of drug-likeness (QED) is 0.135. The van der Waals surface area contributed by atoms with Crippen LogP contribution in [0.25, 0.3) is 10.8 Å². The lowest BCUT2D eigenvalue weighted by molar-refractivity contribution is 0.301. The molecule has 0 atom stereocenters. The van der Waals surface area contributed by atoms with Crippen LogP contribution in [0, 0.1) is 34.6 Å². The van der Waals surface area contributed by atoms with Crippen LogP contribution in [0.3, 0.4) is 0 Å². The van der Waals surface area contributed by atoms with E-state index in [-0.39, 0.29) is 29.1 Å². The summed E-state index contributed by atoms with van der Waals surface area (Å²) in [6.45, 7) is 2.55. The molecule has 0 N–H and O–H groups in total. The van der Waals surface area contributed by atoms with E-state index in [1.807, 2.05) is 12.1 Å². The average molecular weight is 534 g/mol. The van der Waals surface area contributed by atoms with Gasteiger partial charge in [0.25, 0.3) is 0 Å². The van der Waals surface area contributed by atoms with Crippen molar-refractivity contribution in [3.63, 3.8) is 0 Å². The lowest BCUT2D eigenvalue weighted by Crippen LogP contribution is -2.03. The van der Waals surface area contributed by atoms with Crippen LogP contribution in [0.5, 0.6) is 5.75 Å². The summed E-state index contributed by atoms with van der Waals surface area (Å²) < 4.78 is 63.9. The lowest BCUT2D eigenvalue weighted by atomic mass is 9.97. The number of nitriles is 1. The molecule has 0 fully saturated rings. The van der Waals surface area contributed by atoms with Crippen molar-refractivity contribution < 1.29 is 22.3 Å². The van der Waals surface area contributed by atoms with Crippen LogP contribution in [0.1, 0.15) is 60.4 Å². The van der Waals surface area contributed by atoms with Crippen molar-refractivity contribution in [3.05, 3.63) is 112 Å². The summed E-state index contributed by atoms with van der Waals surface area (Å²) in [7, 11) is 0. The van der Waals surface area contributed by atoms with E-state index in [1.54, 1.807) is 30.3 Å². The summed E-state index contributed by atoms with van der Waals surface area (Å²) in [6.07, 6.45) is 5.46. The smallest absolute Gasteiger partial charge is 0.141 e. The first-order valence-electron chi connectivity index (χ1n) is 13.4. The number of aryl methyl sites for hydroxylation is 3. The van der Waals surface area contributed by atoms with E-state index in [4.69, 9.17) is 10.00 Å². The van der Waals surface area contributed by atoms with E-state index < -0.39 is 17.5 Å². The number of ether oxygens (including phenoxy) is 1. The molecule has 6 heteroatoms. The molecule has 202 valence electrons. The minimum atomic E-state index is -0.628. The Balaban J connectivity index is 1.39. The van der Waals surface area contributed by atoms with Gasteiger partial charge in [-0.3, -0.25) is 0 Å². The van der Waals surface area contributed by atoms with Gasteiger partial charge in [0.2, 0.25) is 0 Å². The summed E-state index contributed by atoms with van der Waals surface area (Å²) in [5, 5.41) is 10.0. The maximum atomic E-state index is 15.2. The summed E-state index contributed by atoms with van der Waals surface area (Å²) in [5.74, 6) is -1.97. The summed E-state index contributed by atoms with van der Waals surface area (Å²) >= 11 is 0. The predicted octanol–water partition coefficient (Wildman–Crippen LogP) is 8.80. The third-order valence-corrected chi connectivity index (χ3v) is 6.98. The molecular weight excluding hydrogens is 502 g/mol. The van der Waals surface area contributed by atoms with Gasteiger partial charge in [-0.2, -0.15) is 5.26 Å². The molecule has 0 aliphatic carbocycles.